The molecule has 0 aromatic rings. The molecule has 0 spiro atoms. The summed E-state index contributed by atoms with van der Waals surface area (Å²) in [6.45, 7) is 1.77. The lowest BCUT2D eigenvalue weighted by molar-refractivity contribution is 0.0863. The van der Waals surface area contributed by atoms with Crippen LogP contribution in [-0.4, -0.2) is 17.9 Å². The number of halogens is 1. The van der Waals surface area contributed by atoms with Crippen LogP contribution < -0.4 is 0 Å². The number of phosphoric acid groups is 1. The van der Waals surface area contributed by atoms with Crippen LogP contribution in [0.25, 0.3) is 0 Å². The molecule has 6 heteroatoms. The molecular formula is C4H10FO4P. The van der Waals surface area contributed by atoms with Gasteiger partial charge in [-0.25, -0.2) is 8.96 Å². The van der Waals surface area contributed by atoms with Gasteiger partial charge in [0.1, 0.15) is 0 Å². The third kappa shape index (κ3) is 4.88. The molecule has 0 aromatic heterocycles. The third-order valence-electron chi connectivity index (χ3n) is 0.556. The van der Waals surface area contributed by atoms with Gasteiger partial charge in [-0.2, -0.15) is 0 Å². The third-order valence-corrected chi connectivity index (χ3v) is 1.67. The summed E-state index contributed by atoms with van der Waals surface area (Å²) in [6, 6.07) is 0. The van der Waals surface area contributed by atoms with Gasteiger partial charge in [-0.3, -0.25) is 9.05 Å². The van der Waals surface area contributed by atoms with E-state index in [0.717, 1.165) is 0 Å². The monoisotopic (exact) mass is 172 g/mol. The van der Waals surface area contributed by atoms with Crippen molar-refractivity contribution in [3.05, 3.63) is 0 Å². The molecule has 0 rings (SSSR count). The van der Waals surface area contributed by atoms with Crippen LogP contribution in [0.15, 0.2) is 0 Å². The summed E-state index contributed by atoms with van der Waals surface area (Å²) < 4.78 is 29.9. The molecule has 0 radical (unpaired) electrons. The predicted octanol–water partition coefficient (Wildman–Crippen LogP) is 1.46. The molecular weight excluding hydrogens is 162 g/mol. The second kappa shape index (κ2) is 4.03. The first kappa shape index (κ1) is 10.0. The van der Waals surface area contributed by atoms with Gasteiger partial charge in [0.05, 0.1) is 6.10 Å². The molecule has 0 bridgehead atoms. The lowest BCUT2D eigenvalue weighted by Gasteiger charge is -2.11. The van der Waals surface area contributed by atoms with E-state index < -0.39 is 20.8 Å². The van der Waals surface area contributed by atoms with E-state index in [1.54, 1.807) is 13.8 Å². The molecule has 62 valence electrons. The zero-order valence-corrected chi connectivity index (χ0v) is 6.68. The van der Waals surface area contributed by atoms with Crippen molar-refractivity contribution in [2.24, 2.45) is 0 Å². The molecule has 0 fully saturated rings. The number of phosphoric ester groups is 1. The normalized spacial score (nSPS) is 17.3. The van der Waals surface area contributed by atoms with Crippen molar-refractivity contribution in [3.8, 4) is 0 Å². The fourth-order valence-corrected chi connectivity index (χ4v) is 1.08. The van der Waals surface area contributed by atoms with Crippen molar-refractivity contribution in [1.29, 1.82) is 0 Å². The first-order chi connectivity index (χ1) is 4.48. The van der Waals surface area contributed by atoms with E-state index in [9.17, 15) is 8.96 Å². The standard InChI is InChI=1S/C4H10FO4P/c1-4(2)9-10(6,7)8-3-5/h4H,3H2,1-2H3,(H,6,7). The van der Waals surface area contributed by atoms with Crippen molar-refractivity contribution < 1.29 is 22.9 Å². The lowest BCUT2D eigenvalue weighted by Crippen LogP contribution is -2.01. The Morgan fingerprint density at radius 3 is 2.50 bits per heavy atom. The van der Waals surface area contributed by atoms with Crippen LogP contribution in [0, 0.1) is 0 Å². The summed E-state index contributed by atoms with van der Waals surface area (Å²) in [5.74, 6) is 0. The van der Waals surface area contributed by atoms with Gasteiger partial charge in [-0.05, 0) is 13.8 Å². The second-order valence-corrected chi connectivity index (χ2v) is 3.27. The van der Waals surface area contributed by atoms with Crippen LogP contribution in [0.3, 0.4) is 0 Å². The Kier molecular flexibility index (Phi) is 4.05. The smallest absolute Gasteiger partial charge is 0.302 e. The summed E-state index contributed by atoms with van der Waals surface area (Å²) in [5, 5.41) is 0. The Balaban J connectivity index is 3.75. The topological polar surface area (TPSA) is 55.8 Å². The van der Waals surface area contributed by atoms with Crippen LogP contribution in [0.4, 0.5) is 4.39 Å². The van der Waals surface area contributed by atoms with Gasteiger partial charge in [-0.15, -0.1) is 0 Å². The zero-order valence-electron chi connectivity index (χ0n) is 5.78. The first-order valence-corrected chi connectivity index (χ1v) is 4.19. The molecule has 1 atom stereocenters. The van der Waals surface area contributed by atoms with Gasteiger partial charge in [0, 0.05) is 0 Å². The van der Waals surface area contributed by atoms with Crippen molar-refractivity contribution in [1.82, 2.24) is 0 Å². The highest BCUT2D eigenvalue weighted by Crippen LogP contribution is 2.44. The SMILES string of the molecule is CC(C)OP(=O)(O)OCF. The van der Waals surface area contributed by atoms with Gasteiger partial charge in [0.2, 0.25) is 0 Å². The van der Waals surface area contributed by atoms with Crippen molar-refractivity contribution in [2.45, 2.75) is 20.0 Å². The summed E-state index contributed by atoms with van der Waals surface area (Å²) in [5.41, 5.74) is 0. The number of alkyl halides is 1. The van der Waals surface area contributed by atoms with Crippen LogP contribution in [0.5, 0.6) is 0 Å². The maximum atomic E-state index is 11.3. The molecule has 0 heterocycles. The second-order valence-electron chi connectivity index (χ2n) is 1.86. The Hall–Kier alpha value is 0.0400. The molecule has 4 nitrogen and oxygen atoms in total. The van der Waals surface area contributed by atoms with Crippen LogP contribution >= 0.6 is 7.82 Å². The summed E-state index contributed by atoms with van der Waals surface area (Å²) in [4.78, 5) is 8.56. The molecule has 0 aliphatic heterocycles. The molecule has 0 saturated heterocycles. The van der Waals surface area contributed by atoms with Crippen LogP contribution in [0.2, 0.25) is 0 Å². The van der Waals surface area contributed by atoms with E-state index >= 15 is 0 Å². The van der Waals surface area contributed by atoms with Crippen molar-refractivity contribution >= 4 is 7.82 Å². The molecule has 0 amide bonds. The maximum Gasteiger partial charge on any atom is 0.474 e. The van der Waals surface area contributed by atoms with Gasteiger partial charge in [0.25, 0.3) is 0 Å². The van der Waals surface area contributed by atoms with Gasteiger partial charge in [-0.1, -0.05) is 0 Å². The van der Waals surface area contributed by atoms with E-state index in [1.165, 1.54) is 0 Å². The molecule has 1 unspecified atom stereocenters. The van der Waals surface area contributed by atoms with Gasteiger partial charge < -0.3 is 4.89 Å². The molecule has 10 heavy (non-hydrogen) atoms. The highest BCUT2D eigenvalue weighted by molar-refractivity contribution is 7.47. The summed E-state index contributed by atoms with van der Waals surface area (Å²) >= 11 is 0. The van der Waals surface area contributed by atoms with E-state index in [2.05, 4.69) is 9.05 Å². The number of hydrogen-bond acceptors (Lipinski definition) is 3. The lowest BCUT2D eigenvalue weighted by atomic mass is 10.5. The highest BCUT2D eigenvalue weighted by Gasteiger charge is 2.21. The van der Waals surface area contributed by atoms with E-state index in [4.69, 9.17) is 4.89 Å². The predicted molar refractivity (Wildman–Crippen MR) is 33.1 cm³/mol. The molecule has 0 saturated carbocycles. The first-order valence-electron chi connectivity index (χ1n) is 2.69. The fraction of sp³-hybridized carbons (Fsp3) is 1.00. The summed E-state index contributed by atoms with van der Waals surface area (Å²) in [6.07, 6.45) is -0.456. The fourth-order valence-electron chi connectivity index (χ4n) is 0.359. The molecule has 0 aliphatic rings. The maximum absolute atomic E-state index is 11.3. The Labute approximate surface area is 58.6 Å². The largest absolute Gasteiger partial charge is 0.474 e. The summed E-state index contributed by atoms with van der Waals surface area (Å²) in [7, 11) is -4.12. The van der Waals surface area contributed by atoms with Crippen molar-refractivity contribution in [2.75, 3.05) is 6.86 Å². The average Bonchev–Trinajstić information content (AvgIpc) is 1.59. The average molecular weight is 172 g/mol. The Bertz CT molecular complexity index is 137. The minimum atomic E-state index is -4.12. The highest BCUT2D eigenvalue weighted by atomic mass is 31.2. The Morgan fingerprint density at radius 2 is 2.20 bits per heavy atom. The van der Waals surface area contributed by atoms with Crippen LogP contribution in [-0.2, 0) is 13.6 Å². The molecule has 0 aromatic carbocycles. The quantitative estimate of drug-likeness (QED) is 0.652. The Morgan fingerprint density at radius 1 is 1.70 bits per heavy atom. The van der Waals surface area contributed by atoms with E-state index in [1.807, 2.05) is 0 Å². The molecule has 1 N–H and O–H groups in total. The van der Waals surface area contributed by atoms with Gasteiger partial charge in [0.15, 0.2) is 6.86 Å². The van der Waals surface area contributed by atoms with Crippen LogP contribution in [0.1, 0.15) is 13.8 Å². The van der Waals surface area contributed by atoms with E-state index in [-0.39, 0.29) is 0 Å². The van der Waals surface area contributed by atoms with Crippen molar-refractivity contribution in [3.63, 3.8) is 0 Å². The number of rotatable bonds is 4. The van der Waals surface area contributed by atoms with E-state index in [0.29, 0.717) is 0 Å². The van der Waals surface area contributed by atoms with Gasteiger partial charge >= 0.3 is 7.82 Å². The minimum absolute atomic E-state index is 0.456. The molecule has 0 aliphatic carbocycles. The zero-order chi connectivity index (χ0) is 8.20. The minimum Gasteiger partial charge on any atom is -0.302 e. The number of hydrogen-bond donors (Lipinski definition) is 1.